The quantitative estimate of drug-likeness (QED) is 0.811. The smallest absolute Gasteiger partial charge is 0.242 e. The van der Waals surface area contributed by atoms with E-state index in [4.69, 9.17) is 0 Å². The van der Waals surface area contributed by atoms with Crippen molar-refractivity contribution in [2.24, 2.45) is 0 Å². The Bertz CT molecular complexity index is 662. The summed E-state index contributed by atoms with van der Waals surface area (Å²) in [5.41, 5.74) is 2.79. The lowest BCUT2D eigenvalue weighted by Crippen LogP contribution is -2.29. The summed E-state index contributed by atoms with van der Waals surface area (Å²) in [7, 11) is 0. The number of nitrogens with one attached hydrogen (secondary N) is 1. The first-order valence-electron chi connectivity index (χ1n) is 6.60. The Hall–Kier alpha value is -1.15. The highest BCUT2D eigenvalue weighted by atomic mass is 79.9. The third-order valence-corrected chi connectivity index (χ3v) is 5.05. The van der Waals surface area contributed by atoms with E-state index >= 15 is 0 Å². The Morgan fingerprint density at radius 1 is 1.33 bits per heavy atom. The van der Waals surface area contributed by atoms with Gasteiger partial charge < -0.3 is 5.32 Å². The highest BCUT2D eigenvalue weighted by Gasteiger charge is 2.13. The van der Waals surface area contributed by atoms with Crippen molar-refractivity contribution in [3.05, 3.63) is 32.2 Å². The highest BCUT2D eigenvalue weighted by molar-refractivity contribution is 9.10. The molecule has 114 valence electrons. The lowest BCUT2D eigenvalue weighted by molar-refractivity contribution is -0.122. The van der Waals surface area contributed by atoms with Gasteiger partial charge in [0, 0.05) is 6.54 Å². The zero-order valence-electron chi connectivity index (χ0n) is 12.2. The van der Waals surface area contributed by atoms with Gasteiger partial charge in [0.1, 0.15) is 6.54 Å². The molecule has 0 saturated carbocycles. The lowest BCUT2D eigenvalue weighted by atomic mass is 10.4. The van der Waals surface area contributed by atoms with E-state index in [2.05, 4.69) is 47.4 Å². The SMILES string of the molecule is CCn1ncc(Br)c1CNC(=O)Cn1nc(C)c(Br)c1C. The Morgan fingerprint density at radius 3 is 2.62 bits per heavy atom. The number of carbonyl (C=O) groups is 1. The molecule has 0 spiro atoms. The minimum atomic E-state index is -0.0798. The topological polar surface area (TPSA) is 64.7 Å². The van der Waals surface area contributed by atoms with Gasteiger partial charge in [-0.25, -0.2) is 0 Å². The van der Waals surface area contributed by atoms with Crippen LogP contribution in [0.2, 0.25) is 0 Å². The molecule has 0 fully saturated rings. The number of nitrogens with zero attached hydrogens (tertiary/aromatic N) is 4. The van der Waals surface area contributed by atoms with E-state index in [1.54, 1.807) is 10.9 Å². The van der Waals surface area contributed by atoms with Crippen molar-refractivity contribution in [1.82, 2.24) is 24.9 Å². The molecule has 0 radical (unpaired) electrons. The second-order valence-corrected chi connectivity index (χ2v) is 6.32. The second kappa shape index (κ2) is 6.74. The molecule has 0 atom stereocenters. The van der Waals surface area contributed by atoms with Crippen molar-refractivity contribution >= 4 is 37.8 Å². The molecule has 21 heavy (non-hydrogen) atoms. The van der Waals surface area contributed by atoms with E-state index < -0.39 is 0 Å². The van der Waals surface area contributed by atoms with Gasteiger partial charge in [0.25, 0.3) is 0 Å². The van der Waals surface area contributed by atoms with Gasteiger partial charge in [0.2, 0.25) is 5.91 Å². The third-order valence-electron chi connectivity index (χ3n) is 3.24. The Labute approximate surface area is 140 Å². The normalized spacial score (nSPS) is 10.9. The number of amides is 1. The molecule has 0 aliphatic carbocycles. The Balaban J connectivity index is 1.99. The van der Waals surface area contributed by atoms with Crippen molar-refractivity contribution in [1.29, 1.82) is 0 Å². The molecule has 2 aromatic heterocycles. The Kier molecular flexibility index (Phi) is 5.21. The second-order valence-electron chi connectivity index (χ2n) is 4.67. The molecular weight excluding hydrogens is 402 g/mol. The van der Waals surface area contributed by atoms with Crippen LogP contribution in [-0.4, -0.2) is 25.5 Å². The summed E-state index contributed by atoms with van der Waals surface area (Å²) in [6, 6.07) is 0. The Morgan fingerprint density at radius 2 is 2.05 bits per heavy atom. The minimum absolute atomic E-state index is 0.0798. The monoisotopic (exact) mass is 417 g/mol. The number of hydrogen-bond acceptors (Lipinski definition) is 3. The van der Waals surface area contributed by atoms with Gasteiger partial charge in [-0.3, -0.25) is 14.2 Å². The van der Waals surface area contributed by atoms with E-state index in [1.165, 1.54) is 0 Å². The average molecular weight is 419 g/mol. The number of halogens is 2. The molecule has 0 aliphatic rings. The largest absolute Gasteiger partial charge is 0.349 e. The highest BCUT2D eigenvalue weighted by Crippen LogP contribution is 2.19. The molecule has 1 N–H and O–H groups in total. The van der Waals surface area contributed by atoms with Crippen molar-refractivity contribution in [3.8, 4) is 0 Å². The van der Waals surface area contributed by atoms with Crippen LogP contribution in [0.25, 0.3) is 0 Å². The molecule has 0 aromatic carbocycles. The van der Waals surface area contributed by atoms with Crippen LogP contribution in [0.3, 0.4) is 0 Å². The van der Waals surface area contributed by atoms with Crippen LogP contribution in [0.15, 0.2) is 15.1 Å². The molecule has 0 unspecified atom stereocenters. The fraction of sp³-hybridized carbons (Fsp3) is 0.462. The van der Waals surface area contributed by atoms with Crippen LogP contribution >= 0.6 is 31.9 Å². The first-order chi connectivity index (χ1) is 9.93. The third kappa shape index (κ3) is 3.55. The summed E-state index contributed by atoms with van der Waals surface area (Å²) in [6.07, 6.45) is 1.74. The fourth-order valence-electron chi connectivity index (χ4n) is 2.04. The van der Waals surface area contributed by atoms with Gasteiger partial charge in [0.15, 0.2) is 0 Å². The molecule has 2 heterocycles. The van der Waals surface area contributed by atoms with Gasteiger partial charge in [-0.2, -0.15) is 10.2 Å². The maximum atomic E-state index is 12.1. The van der Waals surface area contributed by atoms with Crippen molar-refractivity contribution in [2.75, 3.05) is 0 Å². The van der Waals surface area contributed by atoms with Crippen molar-refractivity contribution < 1.29 is 4.79 Å². The molecule has 0 bridgehead atoms. The van der Waals surface area contributed by atoms with E-state index in [0.29, 0.717) is 6.54 Å². The van der Waals surface area contributed by atoms with Crippen LogP contribution < -0.4 is 5.32 Å². The molecule has 2 rings (SSSR count). The molecule has 6 nitrogen and oxygen atoms in total. The predicted molar refractivity (Wildman–Crippen MR) is 86.8 cm³/mol. The van der Waals surface area contributed by atoms with E-state index in [9.17, 15) is 4.79 Å². The average Bonchev–Trinajstić information content (AvgIpc) is 2.92. The van der Waals surface area contributed by atoms with Crippen molar-refractivity contribution in [3.63, 3.8) is 0 Å². The predicted octanol–water partition coefficient (Wildman–Crippen LogP) is 2.56. The maximum Gasteiger partial charge on any atom is 0.242 e. The van der Waals surface area contributed by atoms with Gasteiger partial charge >= 0.3 is 0 Å². The number of hydrogen-bond donors (Lipinski definition) is 1. The summed E-state index contributed by atoms with van der Waals surface area (Å²) in [5.74, 6) is -0.0798. The number of rotatable bonds is 5. The van der Waals surface area contributed by atoms with Crippen LogP contribution in [0.5, 0.6) is 0 Å². The van der Waals surface area contributed by atoms with Crippen LogP contribution in [0, 0.1) is 13.8 Å². The number of carbonyl (C=O) groups excluding carboxylic acids is 1. The van der Waals surface area contributed by atoms with Crippen LogP contribution in [-0.2, 0) is 24.4 Å². The van der Waals surface area contributed by atoms with E-state index in [1.807, 2.05) is 25.5 Å². The van der Waals surface area contributed by atoms with E-state index in [-0.39, 0.29) is 12.5 Å². The van der Waals surface area contributed by atoms with E-state index in [0.717, 1.165) is 32.6 Å². The first kappa shape index (κ1) is 16.2. The lowest BCUT2D eigenvalue weighted by Gasteiger charge is -2.09. The van der Waals surface area contributed by atoms with Crippen LogP contribution in [0.4, 0.5) is 0 Å². The summed E-state index contributed by atoms with van der Waals surface area (Å²) >= 11 is 6.90. The van der Waals surface area contributed by atoms with Gasteiger partial charge in [-0.05, 0) is 52.6 Å². The van der Waals surface area contributed by atoms with Crippen molar-refractivity contribution in [2.45, 2.75) is 40.4 Å². The number of aromatic nitrogens is 4. The zero-order chi connectivity index (χ0) is 15.6. The molecule has 0 aliphatic heterocycles. The van der Waals surface area contributed by atoms with Gasteiger partial charge in [0.05, 0.1) is 38.8 Å². The molecule has 2 aromatic rings. The minimum Gasteiger partial charge on any atom is -0.349 e. The maximum absolute atomic E-state index is 12.1. The summed E-state index contributed by atoms with van der Waals surface area (Å²) in [4.78, 5) is 12.1. The summed E-state index contributed by atoms with van der Waals surface area (Å²) < 4.78 is 5.39. The first-order valence-corrected chi connectivity index (χ1v) is 8.19. The zero-order valence-corrected chi connectivity index (χ0v) is 15.3. The standard InChI is InChI=1S/C13H17Br2N5O/c1-4-19-11(10(14)5-17-19)6-16-12(21)7-20-9(3)13(15)8(2)18-20/h5H,4,6-7H2,1-3H3,(H,16,21). The molecule has 0 saturated heterocycles. The summed E-state index contributed by atoms with van der Waals surface area (Å²) in [6.45, 7) is 7.26. The summed E-state index contributed by atoms with van der Waals surface area (Å²) in [5, 5.41) is 11.4. The number of aryl methyl sites for hydroxylation is 2. The molecular formula is C13H17Br2N5O. The molecule has 8 heteroatoms. The van der Waals surface area contributed by atoms with Crippen LogP contribution in [0.1, 0.15) is 24.0 Å². The molecule has 1 amide bonds. The van der Waals surface area contributed by atoms with Gasteiger partial charge in [-0.15, -0.1) is 0 Å². The van der Waals surface area contributed by atoms with Gasteiger partial charge in [-0.1, -0.05) is 0 Å². The fourth-order valence-corrected chi connectivity index (χ4v) is 2.76.